The molecule has 2 aromatic carbocycles. The van der Waals surface area contributed by atoms with Crippen LogP contribution in [0.2, 0.25) is 10.0 Å². The second-order valence-corrected chi connectivity index (χ2v) is 5.17. The van der Waals surface area contributed by atoms with E-state index in [1.54, 1.807) is 30.3 Å². The predicted octanol–water partition coefficient (Wildman–Crippen LogP) is 5.19. The average Bonchev–Trinajstić information content (AvgIpc) is 2.42. The van der Waals surface area contributed by atoms with Gasteiger partial charge in [-0.25, -0.2) is 4.79 Å². The van der Waals surface area contributed by atoms with Gasteiger partial charge in [0.2, 0.25) is 0 Å². The molecule has 0 amide bonds. The van der Waals surface area contributed by atoms with Crippen molar-refractivity contribution in [2.75, 3.05) is 0 Å². The lowest BCUT2D eigenvalue weighted by atomic mass is 10.1. The van der Waals surface area contributed by atoms with Crippen LogP contribution in [0.5, 0.6) is 11.5 Å². The third-order valence-corrected chi connectivity index (χ3v) is 3.35. The standard InChI is InChI=1S/C16H12Cl2O3/c1-10-5-7-13(18)15(9-10)21-14-4-2-3-12(17)11(14)6-8-16(19)20/h2-9H,1H3,(H,19,20)/b8-6+. The quantitative estimate of drug-likeness (QED) is 0.787. The normalized spacial score (nSPS) is 10.8. The summed E-state index contributed by atoms with van der Waals surface area (Å²) in [6.07, 6.45) is 2.40. The molecule has 0 atom stereocenters. The van der Waals surface area contributed by atoms with Crippen molar-refractivity contribution in [2.45, 2.75) is 6.92 Å². The van der Waals surface area contributed by atoms with Crippen LogP contribution in [0.4, 0.5) is 0 Å². The molecule has 0 fully saturated rings. The Morgan fingerprint density at radius 3 is 2.62 bits per heavy atom. The second-order valence-electron chi connectivity index (χ2n) is 4.36. The molecule has 0 unspecified atom stereocenters. The summed E-state index contributed by atoms with van der Waals surface area (Å²) in [6.45, 7) is 1.92. The van der Waals surface area contributed by atoms with Crippen molar-refractivity contribution in [2.24, 2.45) is 0 Å². The molecule has 5 heteroatoms. The van der Waals surface area contributed by atoms with Gasteiger partial charge in [0.25, 0.3) is 0 Å². The van der Waals surface area contributed by atoms with Crippen molar-refractivity contribution in [3.05, 3.63) is 63.6 Å². The molecule has 0 aliphatic rings. The number of ether oxygens (including phenoxy) is 1. The molecule has 0 radical (unpaired) electrons. The van der Waals surface area contributed by atoms with Crippen LogP contribution in [0, 0.1) is 6.92 Å². The van der Waals surface area contributed by atoms with Gasteiger partial charge in [-0.2, -0.15) is 0 Å². The molecular weight excluding hydrogens is 311 g/mol. The maximum absolute atomic E-state index is 10.7. The largest absolute Gasteiger partial charge is 0.478 e. The first-order valence-electron chi connectivity index (χ1n) is 6.11. The maximum Gasteiger partial charge on any atom is 0.328 e. The summed E-state index contributed by atoms with van der Waals surface area (Å²) >= 11 is 12.2. The Bertz CT molecular complexity index is 709. The minimum atomic E-state index is -1.06. The van der Waals surface area contributed by atoms with Crippen LogP contribution in [0.15, 0.2) is 42.5 Å². The summed E-state index contributed by atoms with van der Waals surface area (Å²) < 4.78 is 5.77. The van der Waals surface area contributed by atoms with Crippen molar-refractivity contribution in [1.29, 1.82) is 0 Å². The highest BCUT2D eigenvalue weighted by Crippen LogP contribution is 2.35. The molecule has 0 saturated heterocycles. The number of carboxylic acids is 1. The van der Waals surface area contributed by atoms with Crippen molar-refractivity contribution < 1.29 is 14.6 Å². The molecule has 108 valence electrons. The van der Waals surface area contributed by atoms with E-state index >= 15 is 0 Å². The summed E-state index contributed by atoms with van der Waals surface area (Å²) in [5.74, 6) is -0.133. The average molecular weight is 323 g/mol. The van der Waals surface area contributed by atoms with Crippen molar-refractivity contribution in [1.82, 2.24) is 0 Å². The van der Waals surface area contributed by atoms with Gasteiger partial charge in [0.15, 0.2) is 0 Å². The second kappa shape index (κ2) is 6.66. The molecule has 0 aliphatic carbocycles. The maximum atomic E-state index is 10.7. The molecule has 21 heavy (non-hydrogen) atoms. The predicted molar refractivity (Wildman–Crippen MR) is 84.4 cm³/mol. The van der Waals surface area contributed by atoms with E-state index in [0.29, 0.717) is 27.1 Å². The molecule has 1 N–H and O–H groups in total. The van der Waals surface area contributed by atoms with Gasteiger partial charge in [-0.3, -0.25) is 0 Å². The minimum Gasteiger partial charge on any atom is -0.478 e. The van der Waals surface area contributed by atoms with Gasteiger partial charge in [-0.15, -0.1) is 0 Å². The van der Waals surface area contributed by atoms with Gasteiger partial charge < -0.3 is 9.84 Å². The smallest absolute Gasteiger partial charge is 0.328 e. The molecule has 2 aromatic rings. The highest BCUT2D eigenvalue weighted by molar-refractivity contribution is 6.32. The number of aliphatic carboxylic acids is 1. The first-order valence-corrected chi connectivity index (χ1v) is 6.86. The van der Waals surface area contributed by atoms with Crippen LogP contribution in [0.25, 0.3) is 6.08 Å². The van der Waals surface area contributed by atoms with Crippen LogP contribution < -0.4 is 4.74 Å². The topological polar surface area (TPSA) is 46.5 Å². The minimum absolute atomic E-state index is 0.397. The number of halogens is 2. The van der Waals surface area contributed by atoms with Gasteiger partial charge in [-0.05, 0) is 42.8 Å². The van der Waals surface area contributed by atoms with Crippen LogP contribution in [0.1, 0.15) is 11.1 Å². The third kappa shape index (κ3) is 4.00. The Hall–Kier alpha value is -1.97. The molecule has 0 bridgehead atoms. The first kappa shape index (κ1) is 15.4. The highest BCUT2D eigenvalue weighted by Gasteiger charge is 2.09. The van der Waals surface area contributed by atoms with E-state index in [4.69, 9.17) is 33.0 Å². The van der Waals surface area contributed by atoms with E-state index in [1.807, 2.05) is 13.0 Å². The van der Waals surface area contributed by atoms with Crippen LogP contribution in [-0.2, 0) is 4.79 Å². The van der Waals surface area contributed by atoms with E-state index in [-0.39, 0.29) is 0 Å². The molecule has 2 rings (SSSR count). The van der Waals surface area contributed by atoms with E-state index < -0.39 is 5.97 Å². The molecule has 0 aliphatic heterocycles. The summed E-state index contributed by atoms with van der Waals surface area (Å²) in [5, 5.41) is 9.60. The highest BCUT2D eigenvalue weighted by atomic mass is 35.5. The third-order valence-electron chi connectivity index (χ3n) is 2.71. The van der Waals surface area contributed by atoms with Crippen LogP contribution in [0.3, 0.4) is 0 Å². The summed E-state index contributed by atoms with van der Waals surface area (Å²) in [4.78, 5) is 10.7. The number of carboxylic acid groups (broad SMARTS) is 1. The van der Waals surface area contributed by atoms with E-state index in [9.17, 15) is 4.79 Å². The monoisotopic (exact) mass is 322 g/mol. The molecule has 0 heterocycles. The molecule has 0 spiro atoms. The molecule has 3 nitrogen and oxygen atoms in total. The summed E-state index contributed by atoms with van der Waals surface area (Å²) in [7, 11) is 0. The van der Waals surface area contributed by atoms with E-state index in [1.165, 1.54) is 6.08 Å². The zero-order chi connectivity index (χ0) is 15.4. The van der Waals surface area contributed by atoms with Crippen LogP contribution >= 0.6 is 23.2 Å². The lowest BCUT2D eigenvalue weighted by Crippen LogP contribution is -1.91. The van der Waals surface area contributed by atoms with Crippen molar-refractivity contribution in [3.63, 3.8) is 0 Å². The fraction of sp³-hybridized carbons (Fsp3) is 0.0625. The zero-order valence-corrected chi connectivity index (χ0v) is 12.7. The van der Waals surface area contributed by atoms with E-state index in [2.05, 4.69) is 0 Å². The number of carbonyl (C=O) groups is 1. The van der Waals surface area contributed by atoms with E-state index in [0.717, 1.165) is 11.6 Å². The Labute approximate surface area is 132 Å². The SMILES string of the molecule is Cc1ccc(Cl)c(Oc2cccc(Cl)c2/C=C/C(=O)O)c1. The lowest BCUT2D eigenvalue weighted by Gasteiger charge is -2.12. The van der Waals surface area contributed by atoms with Gasteiger partial charge in [-0.1, -0.05) is 35.3 Å². The number of rotatable bonds is 4. The summed E-state index contributed by atoms with van der Waals surface area (Å²) in [6, 6.07) is 10.5. The Kier molecular flexibility index (Phi) is 4.89. The van der Waals surface area contributed by atoms with Crippen molar-refractivity contribution in [3.8, 4) is 11.5 Å². The Morgan fingerprint density at radius 1 is 1.14 bits per heavy atom. The summed E-state index contributed by atoms with van der Waals surface area (Å²) in [5.41, 5.74) is 1.48. The molecule has 0 aromatic heterocycles. The van der Waals surface area contributed by atoms with Crippen LogP contribution in [-0.4, -0.2) is 11.1 Å². The fourth-order valence-electron chi connectivity index (χ4n) is 1.73. The number of hydrogen-bond donors (Lipinski definition) is 1. The number of benzene rings is 2. The number of hydrogen-bond acceptors (Lipinski definition) is 2. The Morgan fingerprint density at radius 2 is 1.90 bits per heavy atom. The zero-order valence-electron chi connectivity index (χ0n) is 11.1. The fourth-order valence-corrected chi connectivity index (χ4v) is 2.11. The molecule has 0 saturated carbocycles. The lowest BCUT2D eigenvalue weighted by molar-refractivity contribution is -0.131. The van der Waals surface area contributed by atoms with Gasteiger partial charge in [0.1, 0.15) is 11.5 Å². The van der Waals surface area contributed by atoms with Gasteiger partial charge >= 0.3 is 5.97 Å². The van der Waals surface area contributed by atoms with Gasteiger partial charge in [0.05, 0.1) is 10.0 Å². The van der Waals surface area contributed by atoms with Gasteiger partial charge in [0, 0.05) is 11.6 Å². The number of aryl methyl sites for hydroxylation is 1. The Balaban J connectivity index is 2.42. The molecular formula is C16H12Cl2O3. The first-order chi connectivity index (χ1) is 9.97. The van der Waals surface area contributed by atoms with Crippen molar-refractivity contribution >= 4 is 35.2 Å².